The first-order chi connectivity index (χ1) is 12.0. The Labute approximate surface area is 156 Å². The molecule has 25 heavy (non-hydrogen) atoms. The molecule has 4 nitrogen and oxygen atoms in total. The average molecular weight is 395 g/mol. The van der Waals surface area contributed by atoms with E-state index in [1.54, 1.807) is 0 Å². The van der Waals surface area contributed by atoms with Gasteiger partial charge in [-0.2, -0.15) is 5.10 Å². The molecule has 0 saturated carbocycles. The minimum absolute atomic E-state index is 0.697. The van der Waals surface area contributed by atoms with E-state index < -0.39 is 0 Å². The molecule has 3 aromatic rings. The first kappa shape index (κ1) is 17.3. The van der Waals surface area contributed by atoms with Crippen molar-refractivity contribution in [2.45, 2.75) is 20.8 Å². The Balaban J connectivity index is 1.90. The fourth-order valence-corrected chi connectivity index (χ4v) is 2.61. The fourth-order valence-electron chi connectivity index (χ4n) is 2.35. The maximum Gasteiger partial charge on any atom is 0.161 e. The molecule has 0 aliphatic rings. The molecule has 2 aromatic carbocycles. The van der Waals surface area contributed by atoms with Crippen molar-refractivity contribution in [1.29, 1.82) is 0 Å². The van der Waals surface area contributed by atoms with Crippen molar-refractivity contribution in [3.05, 3.63) is 75.9 Å². The molecule has 0 unspecified atom stereocenters. The van der Waals surface area contributed by atoms with Gasteiger partial charge in [0.15, 0.2) is 11.6 Å². The second kappa shape index (κ2) is 7.57. The molecule has 0 bridgehead atoms. The molecule has 0 fully saturated rings. The van der Waals surface area contributed by atoms with Gasteiger partial charge in [0.2, 0.25) is 0 Å². The second-order valence-corrected chi connectivity index (χ2v) is 6.70. The van der Waals surface area contributed by atoms with E-state index in [-0.39, 0.29) is 0 Å². The van der Waals surface area contributed by atoms with Crippen molar-refractivity contribution < 1.29 is 0 Å². The summed E-state index contributed by atoms with van der Waals surface area (Å²) in [5.74, 6) is 1.42. The Morgan fingerprint density at radius 3 is 2.32 bits per heavy atom. The first-order valence-corrected chi connectivity index (χ1v) is 8.81. The van der Waals surface area contributed by atoms with Gasteiger partial charge in [-0.3, -0.25) is 5.43 Å². The molecule has 1 aromatic heterocycles. The van der Waals surface area contributed by atoms with E-state index in [4.69, 9.17) is 0 Å². The molecule has 1 N–H and O–H groups in total. The van der Waals surface area contributed by atoms with Gasteiger partial charge in [0.25, 0.3) is 0 Å². The first-order valence-electron chi connectivity index (χ1n) is 8.01. The van der Waals surface area contributed by atoms with Gasteiger partial charge in [-0.15, -0.1) is 0 Å². The summed E-state index contributed by atoms with van der Waals surface area (Å²) in [6, 6.07) is 18.0. The zero-order chi connectivity index (χ0) is 17.8. The van der Waals surface area contributed by atoms with Gasteiger partial charge in [-0.05, 0) is 38.5 Å². The van der Waals surface area contributed by atoms with Crippen LogP contribution >= 0.6 is 15.9 Å². The van der Waals surface area contributed by atoms with Crippen molar-refractivity contribution >= 4 is 27.5 Å². The van der Waals surface area contributed by atoms with Crippen molar-refractivity contribution in [3.63, 3.8) is 0 Å². The summed E-state index contributed by atoms with van der Waals surface area (Å²) in [5, 5.41) is 4.49. The Bertz CT molecular complexity index is 903. The molecule has 0 aliphatic carbocycles. The van der Waals surface area contributed by atoms with Crippen LogP contribution in [0.1, 0.15) is 23.7 Å². The van der Waals surface area contributed by atoms with Crippen LogP contribution in [0.3, 0.4) is 0 Å². The third-order valence-electron chi connectivity index (χ3n) is 4.01. The van der Waals surface area contributed by atoms with Crippen LogP contribution < -0.4 is 5.43 Å². The van der Waals surface area contributed by atoms with Gasteiger partial charge in [-0.25, -0.2) is 9.97 Å². The number of halogens is 1. The van der Waals surface area contributed by atoms with Gasteiger partial charge >= 0.3 is 0 Å². The molecule has 1 heterocycles. The van der Waals surface area contributed by atoms with E-state index in [9.17, 15) is 0 Å². The molecule has 3 rings (SSSR count). The van der Waals surface area contributed by atoms with Crippen molar-refractivity contribution in [2.24, 2.45) is 5.10 Å². The molecule has 126 valence electrons. The number of nitrogens with zero attached hydrogens (tertiary/aromatic N) is 3. The highest BCUT2D eigenvalue weighted by Gasteiger charge is 2.09. The van der Waals surface area contributed by atoms with Gasteiger partial charge in [-0.1, -0.05) is 58.4 Å². The molecule has 0 saturated heterocycles. The summed E-state index contributed by atoms with van der Waals surface area (Å²) in [6.45, 7) is 5.95. The van der Waals surface area contributed by atoms with Gasteiger partial charge in [0.05, 0.1) is 5.71 Å². The Hall–Kier alpha value is -2.53. The van der Waals surface area contributed by atoms with E-state index in [0.29, 0.717) is 5.82 Å². The van der Waals surface area contributed by atoms with E-state index in [2.05, 4.69) is 36.4 Å². The van der Waals surface area contributed by atoms with Crippen LogP contribution in [0, 0.1) is 13.8 Å². The molecule has 0 atom stereocenters. The van der Waals surface area contributed by atoms with Crippen LogP contribution in [0.25, 0.3) is 11.4 Å². The number of aryl methyl sites for hydroxylation is 1. The molecule has 0 spiro atoms. The summed E-state index contributed by atoms with van der Waals surface area (Å²) in [7, 11) is 0. The monoisotopic (exact) mass is 394 g/mol. The minimum atomic E-state index is 0.697. The molecular formula is C20H19BrN4. The quantitative estimate of drug-likeness (QED) is 0.478. The Morgan fingerprint density at radius 2 is 1.64 bits per heavy atom. The lowest BCUT2D eigenvalue weighted by Crippen LogP contribution is -2.05. The summed E-state index contributed by atoms with van der Waals surface area (Å²) >= 11 is 3.45. The van der Waals surface area contributed by atoms with Gasteiger partial charge in [0, 0.05) is 21.3 Å². The van der Waals surface area contributed by atoms with Crippen LogP contribution in [0.5, 0.6) is 0 Å². The van der Waals surface area contributed by atoms with E-state index >= 15 is 0 Å². The maximum absolute atomic E-state index is 4.65. The standard InChI is InChI=1S/C20H19BrN4/c1-13-14(2)22-20(17-7-5-4-6-8-17)23-19(13)25-24-15(3)16-9-11-18(21)12-10-16/h4-12H,1-3H3,(H,22,23,25)/b24-15-. The van der Waals surface area contributed by atoms with Gasteiger partial charge in [0.1, 0.15) is 0 Å². The number of hydrogen-bond donors (Lipinski definition) is 1. The molecule has 0 radical (unpaired) electrons. The molecular weight excluding hydrogens is 376 g/mol. The summed E-state index contributed by atoms with van der Waals surface area (Å²) in [6.07, 6.45) is 0. The van der Waals surface area contributed by atoms with Gasteiger partial charge < -0.3 is 0 Å². The number of hydrazone groups is 1. The van der Waals surface area contributed by atoms with Crippen LogP contribution in [0.2, 0.25) is 0 Å². The van der Waals surface area contributed by atoms with Crippen molar-refractivity contribution in [2.75, 3.05) is 5.43 Å². The highest BCUT2D eigenvalue weighted by Crippen LogP contribution is 2.21. The second-order valence-electron chi connectivity index (χ2n) is 5.79. The summed E-state index contributed by atoms with van der Waals surface area (Å²) in [5.41, 5.74) is 7.97. The van der Waals surface area contributed by atoms with Crippen LogP contribution in [0.4, 0.5) is 5.82 Å². The fraction of sp³-hybridized carbons (Fsp3) is 0.150. The van der Waals surface area contributed by atoms with Crippen LogP contribution in [-0.2, 0) is 0 Å². The zero-order valence-corrected chi connectivity index (χ0v) is 16.0. The van der Waals surface area contributed by atoms with E-state index in [1.165, 1.54) is 0 Å². The number of hydrogen-bond acceptors (Lipinski definition) is 4. The predicted molar refractivity (Wildman–Crippen MR) is 107 cm³/mol. The third kappa shape index (κ3) is 4.12. The third-order valence-corrected chi connectivity index (χ3v) is 4.54. The van der Waals surface area contributed by atoms with Crippen LogP contribution in [0.15, 0.2) is 64.2 Å². The Kier molecular flexibility index (Phi) is 5.24. The zero-order valence-electron chi connectivity index (χ0n) is 14.4. The van der Waals surface area contributed by atoms with Crippen molar-refractivity contribution in [3.8, 4) is 11.4 Å². The predicted octanol–water partition coefficient (Wildman–Crippen LogP) is 5.36. The average Bonchev–Trinajstić information content (AvgIpc) is 2.64. The lowest BCUT2D eigenvalue weighted by Gasteiger charge is -2.10. The SMILES string of the molecule is C/C(=N/Nc1nc(-c2ccccc2)nc(C)c1C)c1ccc(Br)cc1. The smallest absolute Gasteiger partial charge is 0.161 e. The lowest BCUT2D eigenvalue weighted by atomic mass is 10.1. The van der Waals surface area contributed by atoms with Crippen LogP contribution in [-0.4, -0.2) is 15.7 Å². The highest BCUT2D eigenvalue weighted by atomic mass is 79.9. The molecule has 0 amide bonds. The number of anilines is 1. The number of nitrogens with one attached hydrogen (secondary N) is 1. The van der Waals surface area contributed by atoms with E-state index in [1.807, 2.05) is 75.4 Å². The summed E-state index contributed by atoms with van der Waals surface area (Å²) < 4.78 is 1.05. The largest absolute Gasteiger partial charge is 0.261 e. The topological polar surface area (TPSA) is 50.2 Å². The highest BCUT2D eigenvalue weighted by molar-refractivity contribution is 9.10. The normalized spacial score (nSPS) is 11.4. The maximum atomic E-state index is 4.65. The number of benzene rings is 2. The number of rotatable bonds is 4. The Morgan fingerprint density at radius 1 is 0.960 bits per heavy atom. The lowest BCUT2D eigenvalue weighted by molar-refractivity contribution is 1.06. The van der Waals surface area contributed by atoms with E-state index in [0.717, 1.165) is 38.4 Å². The summed E-state index contributed by atoms with van der Waals surface area (Å²) in [4.78, 5) is 9.24. The molecule has 0 aliphatic heterocycles. The minimum Gasteiger partial charge on any atom is -0.261 e. The molecule has 5 heteroatoms. The number of aromatic nitrogens is 2. The van der Waals surface area contributed by atoms with Crippen molar-refractivity contribution in [1.82, 2.24) is 9.97 Å².